The highest BCUT2D eigenvalue weighted by Crippen LogP contribution is 2.32. The number of para-hydroxylation sites is 1. The Morgan fingerprint density at radius 2 is 1.81 bits per heavy atom. The Bertz CT molecular complexity index is 1250. The van der Waals surface area contributed by atoms with Gasteiger partial charge >= 0.3 is 0 Å². The van der Waals surface area contributed by atoms with Crippen LogP contribution in [0.15, 0.2) is 78.9 Å². The van der Waals surface area contributed by atoms with Crippen LogP contribution in [0.1, 0.15) is 40.9 Å². The van der Waals surface area contributed by atoms with Crippen LogP contribution in [-0.2, 0) is 6.42 Å². The number of aromatic nitrogens is 1. The molecule has 1 unspecified atom stereocenters. The third-order valence-corrected chi connectivity index (χ3v) is 5.86. The molecule has 154 valence electrons. The molecule has 0 aliphatic heterocycles. The van der Waals surface area contributed by atoms with E-state index in [1.165, 1.54) is 11.1 Å². The van der Waals surface area contributed by atoms with Gasteiger partial charge < -0.3 is 10.1 Å². The maximum Gasteiger partial charge on any atom is 0.252 e. The molecule has 1 aromatic heterocycles. The van der Waals surface area contributed by atoms with Gasteiger partial charge in [0.1, 0.15) is 5.75 Å². The molecular formula is C27H24N2O2. The number of nitrogens with zero attached hydrogens (tertiary/aromatic N) is 1. The van der Waals surface area contributed by atoms with Crippen LogP contribution in [0.2, 0.25) is 0 Å². The van der Waals surface area contributed by atoms with Crippen LogP contribution >= 0.6 is 0 Å². The van der Waals surface area contributed by atoms with E-state index in [0.29, 0.717) is 12.2 Å². The van der Waals surface area contributed by atoms with Gasteiger partial charge in [-0.15, -0.1) is 0 Å². The fourth-order valence-electron chi connectivity index (χ4n) is 4.34. The van der Waals surface area contributed by atoms with Crippen molar-refractivity contribution in [3.05, 3.63) is 95.6 Å². The van der Waals surface area contributed by atoms with Crippen molar-refractivity contribution in [2.24, 2.45) is 0 Å². The van der Waals surface area contributed by atoms with Crippen molar-refractivity contribution in [1.82, 2.24) is 10.3 Å². The first kappa shape index (κ1) is 19.3. The number of aryl methyl sites for hydroxylation is 1. The first-order valence-electron chi connectivity index (χ1n) is 10.7. The number of nitrogens with one attached hydrogen (secondary N) is 1. The van der Waals surface area contributed by atoms with Crippen molar-refractivity contribution >= 4 is 16.8 Å². The van der Waals surface area contributed by atoms with Crippen molar-refractivity contribution in [1.29, 1.82) is 0 Å². The summed E-state index contributed by atoms with van der Waals surface area (Å²) in [6.07, 6.45) is 1.93. The zero-order valence-electron chi connectivity index (χ0n) is 17.5. The van der Waals surface area contributed by atoms with E-state index in [2.05, 4.69) is 23.5 Å². The van der Waals surface area contributed by atoms with Gasteiger partial charge in [0.15, 0.2) is 0 Å². The Balaban J connectivity index is 1.51. The van der Waals surface area contributed by atoms with Gasteiger partial charge in [-0.1, -0.05) is 42.5 Å². The number of ether oxygens (including phenoxy) is 1. The maximum atomic E-state index is 13.4. The van der Waals surface area contributed by atoms with Gasteiger partial charge in [0.25, 0.3) is 5.91 Å². The average Bonchev–Trinajstić information content (AvgIpc) is 3.22. The lowest BCUT2D eigenvalue weighted by Gasteiger charge is -2.16. The summed E-state index contributed by atoms with van der Waals surface area (Å²) in [7, 11) is 0. The molecule has 4 nitrogen and oxygen atoms in total. The molecular weight excluding hydrogens is 384 g/mol. The number of benzene rings is 3. The average molecular weight is 409 g/mol. The van der Waals surface area contributed by atoms with E-state index in [0.717, 1.165) is 40.8 Å². The summed E-state index contributed by atoms with van der Waals surface area (Å²) in [5.41, 5.74) is 5.74. The minimum atomic E-state index is -0.0625. The molecule has 4 aromatic rings. The second-order valence-corrected chi connectivity index (χ2v) is 7.79. The number of hydrogen-bond acceptors (Lipinski definition) is 3. The third kappa shape index (κ3) is 3.77. The lowest BCUT2D eigenvalue weighted by molar-refractivity contribution is 0.0938. The Hall–Kier alpha value is -3.66. The number of fused-ring (bicyclic) bond motifs is 2. The summed E-state index contributed by atoms with van der Waals surface area (Å²) in [5, 5.41) is 4.12. The zero-order valence-corrected chi connectivity index (χ0v) is 17.5. The van der Waals surface area contributed by atoms with Crippen LogP contribution in [0.3, 0.4) is 0 Å². The second-order valence-electron chi connectivity index (χ2n) is 7.79. The highest BCUT2D eigenvalue weighted by atomic mass is 16.5. The molecule has 1 atom stereocenters. The molecule has 0 fully saturated rings. The molecule has 0 radical (unpaired) electrons. The van der Waals surface area contributed by atoms with Crippen LogP contribution in [0, 0.1) is 0 Å². The van der Waals surface area contributed by atoms with E-state index in [-0.39, 0.29) is 11.9 Å². The summed E-state index contributed by atoms with van der Waals surface area (Å²) >= 11 is 0. The van der Waals surface area contributed by atoms with Crippen LogP contribution in [0.25, 0.3) is 22.2 Å². The van der Waals surface area contributed by atoms with Crippen LogP contribution in [0.5, 0.6) is 5.75 Å². The Labute approximate surface area is 181 Å². The third-order valence-electron chi connectivity index (χ3n) is 5.86. The number of carbonyl (C=O) groups excluding carboxylic acids is 1. The smallest absolute Gasteiger partial charge is 0.252 e. The second kappa shape index (κ2) is 8.23. The molecule has 1 aliphatic carbocycles. The Morgan fingerprint density at radius 3 is 2.65 bits per heavy atom. The molecule has 4 heteroatoms. The standard InChI is InChI=1S/C27H24N2O2/c1-2-31-20-14-11-19(12-15-20)26-17-23(22-9-5-6-10-24(22)28-26)27(30)29-25-16-13-18-7-3-4-8-21(18)25/h3-12,14-15,17,25H,2,13,16H2,1H3,(H,29,30). The SMILES string of the molecule is CCOc1ccc(-c2cc(C(=O)NC3CCc4ccccc43)c3ccccc3n2)cc1. The van der Waals surface area contributed by atoms with Crippen molar-refractivity contribution in [2.45, 2.75) is 25.8 Å². The normalized spacial score (nSPS) is 14.9. The van der Waals surface area contributed by atoms with Gasteiger partial charge in [-0.3, -0.25) is 4.79 Å². The van der Waals surface area contributed by atoms with Gasteiger partial charge in [-0.2, -0.15) is 0 Å². The lowest BCUT2D eigenvalue weighted by atomic mass is 10.0. The van der Waals surface area contributed by atoms with E-state index in [4.69, 9.17) is 9.72 Å². The van der Waals surface area contributed by atoms with E-state index in [9.17, 15) is 4.79 Å². The van der Waals surface area contributed by atoms with Crippen molar-refractivity contribution < 1.29 is 9.53 Å². The summed E-state index contributed by atoms with van der Waals surface area (Å²) in [4.78, 5) is 18.2. The van der Waals surface area contributed by atoms with Crippen LogP contribution in [-0.4, -0.2) is 17.5 Å². The van der Waals surface area contributed by atoms with E-state index in [1.807, 2.05) is 67.6 Å². The van der Waals surface area contributed by atoms with Crippen LogP contribution in [0.4, 0.5) is 0 Å². The summed E-state index contributed by atoms with van der Waals surface area (Å²) in [6.45, 7) is 2.59. The van der Waals surface area contributed by atoms with Crippen molar-refractivity contribution in [3.8, 4) is 17.0 Å². The van der Waals surface area contributed by atoms with Gasteiger partial charge in [0.05, 0.1) is 29.4 Å². The quantitative estimate of drug-likeness (QED) is 0.460. The van der Waals surface area contributed by atoms with E-state index in [1.54, 1.807) is 0 Å². The Kier molecular flexibility index (Phi) is 5.13. The number of amides is 1. The number of pyridine rings is 1. The predicted octanol–water partition coefficient (Wildman–Crippen LogP) is 5.72. The fraction of sp³-hybridized carbons (Fsp3) is 0.185. The highest BCUT2D eigenvalue weighted by Gasteiger charge is 2.25. The molecule has 31 heavy (non-hydrogen) atoms. The lowest BCUT2D eigenvalue weighted by Crippen LogP contribution is -2.27. The van der Waals surface area contributed by atoms with Crippen molar-refractivity contribution in [2.75, 3.05) is 6.61 Å². The number of hydrogen-bond donors (Lipinski definition) is 1. The Morgan fingerprint density at radius 1 is 1.03 bits per heavy atom. The first-order valence-corrected chi connectivity index (χ1v) is 10.7. The van der Waals surface area contributed by atoms with Gasteiger partial charge in [-0.05, 0) is 67.3 Å². The van der Waals surface area contributed by atoms with Crippen LogP contribution < -0.4 is 10.1 Å². The topological polar surface area (TPSA) is 51.2 Å². The molecule has 1 N–H and O–H groups in total. The molecule has 3 aromatic carbocycles. The van der Waals surface area contributed by atoms with Gasteiger partial charge in [-0.25, -0.2) is 4.98 Å². The molecule has 1 heterocycles. The van der Waals surface area contributed by atoms with Gasteiger partial charge in [0.2, 0.25) is 0 Å². The molecule has 0 saturated carbocycles. The summed E-state index contributed by atoms with van der Waals surface area (Å²) in [6, 6.07) is 25.9. The van der Waals surface area contributed by atoms with E-state index >= 15 is 0 Å². The molecule has 5 rings (SSSR count). The molecule has 0 spiro atoms. The number of rotatable bonds is 5. The molecule has 0 bridgehead atoms. The first-order chi connectivity index (χ1) is 15.2. The fourth-order valence-corrected chi connectivity index (χ4v) is 4.34. The van der Waals surface area contributed by atoms with Crippen molar-refractivity contribution in [3.63, 3.8) is 0 Å². The maximum absolute atomic E-state index is 13.4. The molecule has 1 amide bonds. The minimum absolute atomic E-state index is 0.0459. The van der Waals surface area contributed by atoms with Gasteiger partial charge in [0, 0.05) is 10.9 Å². The highest BCUT2D eigenvalue weighted by molar-refractivity contribution is 6.07. The summed E-state index contributed by atoms with van der Waals surface area (Å²) in [5.74, 6) is 0.761. The largest absolute Gasteiger partial charge is 0.494 e. The van der Waals surface area contributed by atoms with E-state index < -0.39 is 0 Å². The monoisotopic (exact) mass is 408 g/mol. The zero-order chi connectivity index (χ0) is 21.2. The number of carbonyl (C=O) groups is 1. The molecule has 1 aliphatic rings. The molecule has 0 saturated heterocycles. The predicted molar refractivity (Wildman–Crippen MR) is 123 cm³/mol. The summed E-state index contributed by atoms with van der Waals surface area (Å²) < 4.78 is 5.55. The minimum Gasteiger partial charge on any atom is -0.494 e.